The second kappa shape index (κ2) is 12.4. The molecule has 1 aromatic heterocycles. The van der Waals surface area contributed by atoms with Crippen molar-refractivity contribution in [3.8, 4) is 27.6 Å². The lowest BCUT2D eigenvalue weighted by atomic mass is 9.97. The number of rotatable bonds is 12. The quantitative estimate of drug-likeness (QED) is 0.270. The lowest BCUT2D eigenvalue weighted by molar-refractivity contribution is -0.109. The van der Waals surface area contributed by atoms with Crippen LogP contribution in [-0.2, 0) is 17.8 Å². The van der Waals surface area contributed by atoms with E-state index in [0.717, 1.165) is 51.4 Å². The molecule has 0 bridgehead atoms. The summed E-state index contributed by atoms with van der Waals surface area (Å²) in [6.07, 6.45) is 4.84. The molecule has 182 valence electrons. The summed E-state index contributed by atoms with van der Waals surface area (Å²) in [7, 11) is 4.06. The van der Waals surface area contributed by atoms with Crippen molar-refractivity contribution in [1.29, 1.82) is 5.26 Å². The van der Waals surface area contributed by atoms with Crippen LogP contribution in [0.25, 0.3) is 27.6 Å². The number of carbonyl (C=O) groups excluding carboxylic acids is 1. The third kappa shape index (κ3) is 6.86. The molecule has 0 aliphatic rings. The Kier molecular flexibility index (Phi) is 9.32. The Morgan fingerprint density at radius 3 is 2.66 bits per heavy atom. The first-order valence-corrected chi connectivity index (χ1v) is 12.3. The van der Waals surface area contributed by atoms with Gasteiger partial charge in [-0.15, -0.1) is 11.3 Å². The maximum atomic E-state index is 14.5. The summed E-state index contributed by atoms with van der Waals surface area (Å²) in [6.45, 7) is 5.40. The maximum absolute atomic E-state index is 14.5. The highest BCUT2D eigenvalue weighted by atomic mass is 32.1. The average molecular weight is 491 g/mol. The molecule has 3 aromatic rings. The van der Waals surface area contributed by atoms with Crippen LogP contribution in [0.4, 0.5) is 4.39 Å². The third-order valence-corrected chi connectivity index (χ3v) is 6.95. The number of halogens is 1. The third-order valence-electron chi connectivity index (χ3n) is 5.74. The van der Waals surface area contributed by atoms with E-state index in [4.69, 9.17) is 11.0 Å². The Morgan fingerprint density at radius 2 is 2.00 bits per heavy atom. The van der Waals surface area contributed by atoms with Crippen LogP contribution >= 0.6 is 11.3 Å². The zero-order chi connectivity index (χ0) is 25.4. The van der Waals surface area contributed by atoms with Crippen LogP contribution in [-0.4, -0.2) is 38.0 Å². The number of benzene rings is 2. The van der Waals surface area contributed by atoms with E-state index in [1.54, 1.807) is 17.4 Å². The SMILES string of the molecule is C=Cc1cc(-c2sc(CC(N)CCCNC=O)cc2-c2ccc(C#N)c(F)c2)ccc1CN(C)C. The highest BCUT2D eigenvalue weighted by Crippen LogP contribution is 2.41. The molecular weight excluding hydrogens is 459 g/mol. The zero-order valence-electron chi connectivity index (χ0n) is 20.2. The van der Waals surface area contributed by atoms with Crippen molar-refractivity contribution in [3.63, 3.8) is 0 Å². The molecule has 3 rings (SSSR count). The van der Waals surface area contributed by atoms with Crippen LogP contribution in [0, 0.1) is 17.1 Å². The van der Waals surface area contributed by atoms with Gasteiger partial charge in [-0.05, 0) is 79.9 Å². The van der Waals surface area contributed by atoms with E-state index >= 15 is 0 Å². The van der Waals surface area contributed by atoms with Crippen molar-refractivity contribution < 1.29 is 9.18 Å². The normalized spacial score (nSPS) is 11.8. The second-order valence-electron chi connectivity index (χ2n) is 8.80. The van der Waals surface area contributed by atoms with Gasteiger partial charge in [-0.1, -0.05) is 30.9 Å². The molecule has 0 saturated carbocycles. The first-order valence-electron chi connectivity index (χ1n) is 11.5. The minimum atomic E-state index is -0.531. The van der Waals surface area contributed by atoms with Crippen molar-refractivity contribution in [2.75, 3.05) is 20.6 Å². The van der Waals surface area contributed by atoms with Crippen LogP contribution in [0.1, 0.15) is 34.4 Å². The minimum Gasteiger partial charge on any atom is -0.359 e. The Labute approximate surface area is 210 Å². The molecule has 5 nitrogen and oxygen atoms in total. The predicted molar refractivity (Wildman–Crippen MR) is 142 cm³/mol. The summed E-state index contributed by atoms with van der Waals surface area (Å²) in [5.74, 6) is -0.531. The number of nitrogens with zero attached hydrogens (tertiary/aromatic N) is 2. The number of hydrogen-bond donors (Lipinski definition) is 2. The fraction of sp³-hybridized carbons (Fsp3) is 0.286. The molecule has 2 aromatic carbocycles. The summed E-state index contributed by atoms with van der Waals surface area (Å²) in [4.78, 5) is 14.7. The fourth-order valence-electron chi connectivity index (χ4n) is 4.04. The van der Waals surface area contributed by atoms with Gasteiger partial charge in [-0.3, -0.25) is 4.79 Å². The van der Waals surface area contributed by atoms with Gasteiger partial charge in [0.2, 0.25) is 6.41 Å². The van der Waals surface area contributed by atoms with Gasteiger partial charge >= 0.3 is 0 Å². The molecule has 0 spiro atoms. The van der Waals surface area contributed by atoms with E-state index in [1.807, 2.05) is 26.2 Å². The van der Waals surface area contributed by atoms with Crippen molar-refractivity contribution in [2.45, 2.75) is 31.8 Å². The number of thiophene rings is 1. The summed E-state index contributed by atoms with van der Waals surface area (Å²) in [6, 6.07) is 15.0. The van der Waals surface area contributed by atoms with Gasteiger partial charge in [-0.2, -0.15) is 5.26 Å². The molecule has 1 amide bonds. The van der Waals surface area contributed by atoms with Crippen molar-refractivity contribution in [2.24, 2.45) is 5.73 Å². The summed E-state index contributed by atoms with van der Waals surface area (Å²) >= 11 is 1.65. The number of nitrogens with one attached hydrogen (secondary N) is 1. The van der Waals surface area contributed by atoms with Crippen LogP contribution in [0.15, 0.2) is 49.0 Å². The van der Waals surface area contributed by atoms with Crippen LogP contribution in [0.2, 0.25) is 0 Å². The fourth-order valence-corrected chi connectivity index (χ4v) is 5.31. The minimum absolute atomic E-state index is 0.0266. The number of hydrogen-bond acceptors (Lipinski definition) is 5. The first-order chi connectivity index (χ1) is 16.9. The summed E-state index contributed by atoms with van der Waals surface area (Å²) in [5, 5.41) is 11.8. The molecule has 1 atom stereocenters. The summed E-state index contributed by atoms with van der Waals surface area (Å²) in [5.41, 5.74) is 11.3. The van der Waals surface area contributed by atoms with Crippen LogP contribution in [0.3, 0.4) is 0 Å². The van der Waals surface area contributed by atoms with Gasteiger partial charge < -0.3 is 16.0 Å². The predicted octanol–water partition coefficient (Wildman–Crippen LogP) is 5.19. The monoisotopic (exact) mass is 490 g/mol. The van der Waals surface area contributed by atoms with E-state index in [0.29, 0.717) is 19.4 Å². The van der Waals surface area contributed by atoms with Gasteiger partial charge in [0.25, 0.3) is 0 Å². The molecule has 1 heterocycles. The summed E-state index contributed by atoms with van der Waals surface area (Å²) < 4.78 is 14.5. The largest absolute Gasteiger partial charge is 0.359 e. The molecule has 0 saturated heterocycles. The average Bonchev–Trinajstić information content (AvgIpc) is 3.25. The molecule has 0 radical (unpaired) electrons. The van der Waals surface area contributed by atoms with Crippen molar-refractivity contribution in [3.05, 3.63) is 76.4 Å². The van der Waals surface area contributed by atoms with Gasteiger partial charge in [-0.25, -0.2) is 4.39 Å². The number of carbonyl (C=O) groups is 1. The molecule has 1 unspecified atom stereocenters. The highest BCUT2D eigenvalue weighted by Gasteiger charge is 2.17. The van der Waals surface area contributed by atoms with Gasteiger partial charge in [0.1, 0.15) is 11.9 Å². The first kappa shape index (κ1) is 26.3. The van der Waals surface area contributed by atoms with Gasteiger partial charge in [0, 0.05) is 34.4 Å². The van der Waals surface area contributed by atoms with Crippen LogP contribution < -0.4 is 11.1 Å². The topological polar surface area (TPSA) is 82.1 Å². The molecular formula is C28H31FN4OS. The standard InChI is InChI=1S/C28H31FN4OS/c1-4-19-12-21(8-10-23(19)17-33(2)3)28-26(20-7-9-22(16-30)27(29)13-20)15-25(35-28)14-24(31)6-5-11-32-18-34/h4,7-10,12-13,15,18,24H,1,5-6,11,14,17,31H2,2-3H3,(H,32,34). The van der Waals surface area contributed by atoms with Gasteiger partial charge in [0.05, 0.1) is 5.56 Å². The van der Waals surface area contributed by atoms with Crippen LogP contribution in [0.5, 0.6) is 0 Å². The number of nitrogens with two attached hydrogens (primary N) is 1. The number of amides is 1. The lowest BCUT2D eigenvalue weighted by Crippen LogP contribution is -2.24. The van der Waals surface area contributed by atoms with E-state index in [9.17, 15) is 9.18 Å². The maximum Gasteiger partial charge on any atom is 0.207 e. The lowest BCUT2D eigenvalue weighted by Gasteiger charge is -2.14. The van der Waals surface area contributed by atoms with E-state index < -0.39 is 5.82 Å². The Bertz CT molecular complexity index is 1230. The van der Waals surface area contributed by atoms with E-state index in [-0.39, 0.29) is 11.6 Å². The molecule has 3 N–H and O–H groups in total. The van der Waals surface area contributed by atoms with E-state index in [1.165, 1.54) is 17.7 Å². The smallest absolute Gasteiger partial charge is 0.207 e. The Balaban J connectivity index is 2.00. The van der Waals surface area contributed by atoms with Crippen molar-refractivity contribution >= 4 is 23.8 Å². The second-order valence-corrected chi connectivity index (χ2v) is 9.93. The molecule has 0 aliphatic carbocycles. The Hall–Kier alpha value is -3.31. The van der Waals surface area contributed by atoms with E-state index in [2.05, 4.69) is 41.1 Å². The molecule has 35 heavy (non-hydrogen) atoms. The van der Waals surface area contributed by atoms with Gasteiger partial charge in [0.15, 0.2) is 0 Å². The number of nitriles is 1. The molecule has 0 fully saturated rings. The van der Waals surface area contributed by atoms with Crippen molar-refractivity contribution in [1.82, 2.24) is 10.2 Å². The Morgan fingerprint density at radius 1 is 1.23 bits per heavy atom. The molecule has 7 heteroatoms. The highest BCUT2D eigenvalue weighted by molar-refractivity contribution is 7.16. The molecule has 0 aliphatic heterocycles. The zero-order valence-corrected chi connectivity index (χ0v) is 21.0.